The zero-order chi connectivity index (χ0) is 12.3. The Hall–Kier alpha value is -1.92. The van der Waals surface area contributed by atoms with E-state index in [1.807, 2.05) is 30.3 Å². The van der Waals surface area contributed by atoms with Crippen LogP contribution in [0.1, 0.15) is 16.1 Å². The van der Waals surface area contributed by atoms with Crippen molar-refractivity contribution in [3.63, 3.8) is 0 Å². The molecule has 5 nitrogen and oxygen atoms in total. The van der Waals surface area contributed by atoms with E-state index >= 15 is 0 Å². The van der Waals surface area contributed by atoms with Crippen LogP contribution in [-0.2, 0) is 6.54 Å². The predicted molar refractivity (Wildman–Crippen MR) is 66.8 cm³/mol. The molecule has 1 aromatic heterocycles. The number of aromatic nitrogens is 2. The van der Waals surface area contributed by atoms with Gasteiger partial charge in [-0.3, -0.25) is 10.2 Å². The van der Waals surface area contributed by atoms with Crippen LogP contribution in [0.2, 0.25) is 0 Å². The molecule has 0 spiro atoms. The highest BCUT2D eigenvalue weighted by Crippen LogP contribution is 2.07. The number of hydrogen-bond acceptors (Lipinski definition) is 3. The van der Waals surface area contributed by atoms with Crippen LogP contribution >= 0.6 is 12.2 Å². The highest BCUT2D eigenvalue weighted by molar-refractivity contribution is 7.71. The minimum absolute atomic E-state index is 0.367. The quantitative estimate of drug-likeness (QED) is 0.330. The number of nitrogens with zero attached hydrogens (tertiary/aromatic N) is 1. The maximum absolute atomic E-state index is 11.5. The number of nitrogen functional groups attached to an aromatic ring is 1. The molecule has 0 aliphatic heterocycles. The molecule has 88 valence electrons. The molecule has 1 heterocycles. The molecule has 0 fully saturated rings. The first-order valence-corrected chi connectivity index (χ1v) is 5.46. The Morgan fingerprint density at radius 2 is 2.12 bits per heavy atom. The largest absolute Gasteiger partial charge is 0.337 e. The van der Waals surface area contributed by atoms with Crippen molar-refractivity contribution in [3.05, 3.63) is 52.6 Å². The van der Waals surface area contributed by atoms with Crippen molar-refractivity contribution in [1.82, 2.24) is 15.0 Å². The van der Waals surface area contributed by atoms with E-state index in [1.54, 1.807) is 10.8 Å². The molecule has 1 aromatic carbocycles. The average molecular weight is 248 g/mol. The third-order valence-corrected chi connectivity index (χ3v) is 2.75. The van der Waals surface area contributed by atoms with Gasteiger partial charge in [0.05, 0.1) is 6.54 Å². The fraction of sp³-hybridized carbons (Fsp3) is 0.0909. The second-order valence-corrected chi connectivity index (χ2v) is 3.91. The topological polar surface area (TPSA) is 75.8 Å². The molecular weight excluding hydrogens is 236 g/mol. The van der Waals surface area contributed by atoms with Gasteiger partial charge in [-0.2, -0.15) is 0 Å². The Bertz CT molecular complexity index is 573. The Morgan fingerprint density at radius 3 is 2.76 bits per heavy atom. The van der Waals surface area contributed by atoms with Gasteiger partial charge in [-0.05, 0) is 17.8 Å². The summed E-state index contributed by atoms with van der Waals surface area (Å²) in [7, 11) is 0. The SMILES string of the molecule is NNC(=O)c1c[nH]c(=S)n1Cc1ccccc1. The number of H-pyrrole nitrogens is 1. The van der Waals surface area contributed by atoms with Crippen molar-refractivity contribution in [3.8, 4) is 0 Å². The molecule has 2 rings (SSSR count). The van der Waals surface area contributed by atoms with Crippen molar-refractivity contribution in [2.75, 3.05) is 0 Å². The molecule has 0 saturated carbocycles. The Balaban J connectivity index is 2.36. The van der Waals surface area contributed by atoms with Gasteiger partial charge < -0.3 is 9.55 Å². The Kier molecular flexibility index (Phi) is 3.36. The highest BCUT2D eigenvalue weighted by atomic mass is 32.1. The molecule has 0 atom stereocenters. The third-order valence-electron chi connectivity index (χ3n) is 2.42. The van der Waals surface area contributed by atoms with E-state index in [-0.39, 0.29) is 5.91 Å². The number of amides is 1. The molecule has 0 saturated heterocycles. The first kappa shape index (κ1) is 11.6. The zero-order valence-electron chi connectivity index (χ0n) is 9.01. The summed E-state index contributed by atoms with van der Waals surface area (Å²) in [4.78, 5) is 14.3. The van der Waals surface area contributed by atoms with Crippen molar-refractivity contribution in [1.29, 1.82) is 0 Å². The van der Waals surface area contributed by atoms with E-state index in [0.29, 0.717) is 17.0 Å². The number of carbonyl (C=O) groups is 1. The number of hydrogen-bond donors (Lipinski definition) is 3. The number of nitrogens with two attached hydrogens (primary N) is 1. The summed E-state index contributed by atoms with van der Waals surface area (Å²) >= 11 is 5.13. The van der Waals surface area contributed by atoms with E-state index in [9.17, 15) is 4.79 Å². The van der Waals surface area contributed by atoms with Gasteiger partial charge in [-0.25, -0.2) is 5.84 Å². The number of carbonyl (C=O) groups excluding carboxylic acids is 1. The van der Waals surface area contributed by atoms with Gasteiger partial charge in [-0.15, -0.1) is 0 Å². The molecule has 0 aliphatic rings. The lowest BCUT2D eigenvalue weighted by Gasteiger charge is -2.07. The summed E-state index contributed by atoms with van der Waals surface area (Å²) in [5.41, 5.74) is 3.58. The third kappa shape index (κ3) is 2.43. The Morgan fingerprint density at radius 1 is 1.41 bits per heavy atom. The summed E-state index contributed by atoms with van der Waals surface area (Å²) in [6.45, 7) is 0.534. The van der Waals surface area contributed by atoms with Crippen molar-refractivity contribution in [2.45, 2.75) is 6.54 Å². The first-order chi connectivity index (χ1) is 8.22. The van der Waals surface area contributed by atoms with Gasteiger partial charge in [0.2, 0.25) is 0 Å². The maximum atomic E-state index is 11.5. The number of aromatic amines is 1. The number of hydrazine groups is 1. The molecule has 2 aromatic rings. The van der Waals surface area contributed by atoms with Crippen LogP contribution in [-0.4, -0.2) is 15.5 Å². The molecule has 1 amide bonds. The predicted octanol–water partition coefficient (Wildman–Crippen LogP) is 1.20. The van der Waals surface area contributed by atoms with Crippen LogP contribution in [0, 0.1) is 4.77 Å². The zero-order valence-corrected chi connectivity index (χ0v) is 9.83. The van der Waals surface area contributed by atoms with Crippen LogP contribution in [0.4, 0.5) is 0 Å². The highest BCUT2D eigenvalue weighted by Gasteiger charge is 2.11. The monoisotopic (exact) mass is 248 g/mol. The molecule has 6 heteroatoms. The van der Waals surface area contributed by atoms with Crippen LogP contribution in [0.3, 0.4) is 0 Å². The number of rotatable bonds is 3. The van der Waals surface area contributed by atoms with Crippen LogP contribution in [0.25, 0.3) is 0 Å². The summed E-state index contributed by atoms with van der Waals surface area (Å²) in [6.07, 6.45) is 1.55. The van der Waals surface area contributed by atoms with Crippen molar-refractivity contribution in [2.24, 2.45) is 5.84 Å². The summed E-state index contributed by atoms with van der Waals surface area (Å²) in [6, 6.07) is 9.76. The molecule has 17 heavy (non-hydrogen) atoms. The standard InChI is InChI=1S/C11H12N4OS/c12-14-10(16)9-6-13-11(17)15(9)7-8-4-2-1-3-5-8/h1-6H,7,12H2,(H,13,17)(H,14,16). The van der Waals surface area contributed by atoms with E-state index in [4.69, 9.17) is 18.1 Å². The molecule has 0 bridgehead atoms. The number of nitrogens with one attached hydrogen (secondary N) is 2. The second-order valence-electron chi connectivity index (χ2n) is 3.52. The summed E-state index contributed by atoms with van der Waals surface area (Å²) < 4.78 is 2.19. The minimum atomic E-state index is -0.367. The molecule has 0 radical (unpaired) electrons. The smallest absolute Gasteiger partial charge is 0.283 e. The molecular formula is C11H12N4OS. The molecule has 0 unspecified atom stereocenters. The van der Waals surface area contributed by atoms with Gasteiger partial charge in [-0.1, -0.05) is 30.3 Å². The van der Waals surface area contributed by atoms with E-state index in [2.05, 4.69) is 10.4 Å². The van der Waals surface area contributed by atoms with Crippen LogP contribution in [0.15, 0.2) is 36.5 Å². The molecule has 4 N–H and O–H groups in total. The van der Waals surface area contributed by atoms with Crippen molar-refractivity contribution >= 4 is 18.1 Å². The van der Waals surface area contributed by atoms with Gasteiger partial charge in [0, 0.05) is 6.20 Å². The first-order valence-electron chi connectivity index (χ1n) is 5.05. The minimum Gasteiger partial charge on any atom is -0.337 e. The van der Waals surface area contributed by atoms with Crippen LogP contribution < -0.4 is 11.3 Å². The number of benzene rings is 1. The summed E-state index contributed by atoms with van der Waals surface area (Å²) in [5, 5.41) is 0. The van der Waals surface area contributed by atoms with Gasteiger partial charge in [0.25, 0.3) is 5.91 Å². The van der Waals surface area contributed by atoms with Gasteiger partial charge >= 0.3 is 0 Å². The lowest BCUT2D eigenvalue weighted by molar-refractivity contribution is 0.0944. The van der Waals surface area contributed by atoms with E-state index < -0.39 is 0 Å². The fourth-order valence-electron chi connectivity index (χ4n) is 1.58. The van der Waals surface area contributed by atoms with E-state index in [1.165, 1.54) is 0 Å². The lowest BCUT2D eigenvalue weighted by Crippen LogP contribution is -2.31. The molecule has 0 aliphatic carbocycles. The number of imidazole rings is 1. The van der Waals surface area contributed by atoms with Gasteiger partial charge in [0.1, 0.15) is 5.69 Å². The fourth-order valence-corrected chi connectivity index (χ4v) is 1.80. The van der Waals surface area contributed by atoms with E-state index in [0.717, 1.165) is 5.56 Å². The summed E-state index contributed by atoms with van der Waals surface area (Å²) in [5.74, 6) is 4.75. The average Bonchev–Trinajstić information content (AvgIpc) is 2.72. The second kappa shape index (κ2) is 4.94. The van der Waals surface area contributed by atoms with Crippen molar-refractivity contribution < 1.29 is 4.79 Å². The Labute approximate surface area is 103 Å². The maximum Gasteiger partial charge on any atom is 0.283 e. The van der Waals surface area contributed by atoms with Gasteiger partial charge in [0.15, 0.2) is 4.77 Å². The van der Waals surface area contributed by atoms with Crippen LogP contribution in [0.5, 0.6) is 0 Å². The lowest BCUT2D eigenvalue weighted by atomic mass is 10.2. The normalized spacial score (nSPS) is 10.2.